The van der Waals surface area contributed by atoms with Crippen molar-refractivity contribution >= 4 is 27.5 Å². The van der Waals surface area contributed by atoms with Gasteiger partial charge in [-0.05, 0) is 49.6 Å². The molecule has 1 heterocycles. The monoisotopic (exact) mass is 368 g/mol. The van der Waals surface area contributed by atoms with Gasteiger partial charge in [-0.1, -0.05) is 42.9 Å². The molecule has 3 aromatic rings. The fourth-order valence-corrected chi connectivity index (χ4v) is 4.04. The SMILES string of the molecule is CCCCOc1cccc(C(=O)N=c2sc3c(C)ccc(C)c3n2C)c1. The number of benzene rings is 2. The van der Waals surface area contributed by atoms with E-state index in [4.69, 9.17) is 4.74 Å². The molecule has 0 saturated heterocycles. The van der Waals surface area contributed by atoms with Crippen molar-refractivity contribution in [3.8, 4) is 5.75 Å². The van der Waals surface area contributed by atoms with Crippen LogP contribution in [0.2, 0.25) is 0 Å². The maximum absolute atomic E-state index is 12.7. The Hall–Kier alpha value is -2.40. The number of aromatic nitrogens is 1. The van der Waals surface area contributed by atoms with Gasteiger partial charge in [0.1, 0.15) is 5.75 Å². The number of ether oxygens (including phenoxy) is 1. The van der Waals surface area contributed by atoms with Crippen LogP contribution in [0, 0.1) is 13.8 Å². The summed E-state index contributed by atoms with van der Waals surface area (Å²) in [6.07, 6.45) is 2.08. The normalized spacial score (nSPS) is 11.9. The van der Waals surface area contributed by atoms with Crippen molar-refractivity contribution in [3.63, 3.8) is 0 Å². The summed E-state index contributed by atoms with van der Waals surface area (Å²) in [4.78, 5) is 17.7. The van der Waals surface area contributed by atoms with E-state index in [1.165, 1.54) is 15.8 Å². The van der Waals surface area contributed by atoms with Gasteiger partial charge in [-0.2, -0.15) is 4.99 Å². The van der Waals surface area contributed by atoms with Crippen molar-refractivity contribution < 1.29 is 9.53 Å². The first-order valence-electron chi connectivity index (χ1n) is 8.89. The second-order valence-electron chi connectivity index (χ2n) is 6.47. The van der Waals surface area contributed by atoms with E-state index in [0.29, 0.717) is 22.7 Å². The molecule has 0 aliphatic carbocycles. The van der Waals surface area contributed by atoms with Crippen LogP contribution in [0.3, 0.4) is 0 Å². The van der Waals surface area contributed by atoms with Crippen LogP contribution in [0.4, 0.5) is 0 Å². The number of fused-ring (bicyclic) bond motifs is 1. The maximum Gasteiger partial charge on any atom is 0.279 e. The van der Waals surface area contributed by atoms with E-state index in [1.54, 1.807) is 23.5 Å². The molecule has 0 aliphatic rings. The summed E-state index contributed by atoms with van der Waals surface area (Å²) in [6, 6.07) is 11.5. The second kappa shape index (κ2) is 7.87. The molecular weight excluding hydrogens is 344 g/mol. The van der Waals surface area contributed by atoms with E-state index < -0.39 is 0 Å². The molecule has 0 spiro atoms. The Morgan fingerprint density at radius 1 is 1.19 bits per heavy atom. The lowest BCUT2D eigenvalue weighted by molar-refractivity contribution is 0.0997. The van der Waals surface area contributed by atoms with Gasteiger partial charge in [-0.15, -0.1) is 0 Å². The van der Waals surface area contributed by atoms with Crippen LogP contribution in [0.15, 0.2) is 41.4 Å². The average molecular weight is 369 g/mol. The molecule has 0 radical (unpaired) electrons. The predicted molar refractivity (Wildman–Crippen MR) is 107 cm³/mol. The van der Waals surface area contributed by atoms with Gasteiger partial charge in [0.2, 0.25) is 0 Å². The van der Waals surface area contributed by atoms with Gasteiger partial charge in [0, 0.05) is 12.6 Å². The minimum absolute atomic E-state index is 0.247. The summed E-state index contributed by atoms with van der Waals surface area (Å²) in [7, 11) is 1.96. The van der Waals surface area contributed by atoms with Crippen LogP contribution < -0.4 is 9.54 Å². The van der Waals surface area contributed by atoms with E-state index in [9.17, 15) is 4.79 Å². The average Bonchev–Trinajstić information content (AvgIpc) is 2.96. The molecule has 1 aromatic heterocycles. The minimum Gasteiger partial charge on any atom is -0.494 e. The highest BCUT2D eigenvalue weighted by Crippen LogP contribution is 2.24. The van der Waals surface area contributed by atoms with E-state index >= 15 is 0 Å². The molecule has 0 aliphatic heterocycles. The first kappa shape index (κ1) is 18.4. The van der Waals surface area contributed by atoms with Gasteiger partial charge in [-0.3, -0.25) is 4.79 Å². The fourth-order valence-electron chi connectivity index (χ4n) is 2.87. The lowest BCUT2D eigenvalue weighted by Gasteiger charge is -2.05. The molecule has 2 aromatic carbocycles. The maximum atomic E-state index is 12.7. The third kappa shape index (κ3) is 3.73. The number of nitrogens with zero attached hydrogens (tertiary/aromatic N) is 2. The van der Waals surface area contributed by atoms with Crippen LogP contribution in [0.1, 0.15) is 41.3 Å². The van der Waals surface area contributed by atoms with Gasteiger partial charge in [0.05, 0.1) is 16.8 Å². The lowest BCUT2D eigenvalue weighted by Crippen LogP contribution is -2.13. The van der Waals surface area contributed by atoms with Gasteiger partial charge < -0.3 is 9.30 Å². The molecule has 4 nitrogen and oxygen atoms in total. The predicted octanol–water partition coefficient (Wildman–Crippen LogP) is 4.78. The molecule has 5 heteroatoms. The number of carbonyl (C=O) groups is 1. The Labute approximate surface area is 157 Å². The number of hydrogen-bond acceptors (Lipinski definition) is 3. The number of amides is 1. The first-order valence-corrected chi connectivity index (χ1v) is 9.70. The summed E-state index contributed by atoms with van der Waals surface area (Å²) in [5.41, 5.74) is 4.07. The van der Waals surface area contributed by atoms with Crippen LogP contribution >= 0.6 is 11.3 Å². The molecule has 0 N–H and O–H groups in total. The number of thiazole rings is 1. The number of hydrogen-bond donors (Lipinski definition) is 0. The summed E-state index contributed by atoms with van der Waals surface area (Å²) in [6.45, 7) is 6.95. The standard InChI is InChI=1S/C21H24N2O2S/c1-5-6-12-25-17-9-7-8-16(13-17)20(24)22-21-23(4)18-14(2)10-11-15(3)19(18)26-21/h7-11,13H,5-6,12H2,1-4H3. The highest BCUT2D eigenvalue weighted by Gasteiger charge is 2.11. The number of carbonyl (C=O) groups excluding carboxylic acids is 1. The molecule has 136 valence electrons. The molecule has 3 rings (SSSR count). The first-order chi connectivity index (χ1) is 12.5. The van der Waals surface area contributed by atoms with Gasteiger partial charge in [-0.25, -0.2) is 0 Å². The fraction of sp³-hybridized carbons (Fsp3) is 0.333. The number of rotatable bonds is 5. The van der Waals surface area contributed by atoms with Crippen LogP contribution in [-0.2, 0) is 7.05 Å². The highest BCUT2D eigenvalue weighted by molar-refractivity contribution is 7.16. The van der Waals surface area contributed by atoms with E-state index in [2.05, 4.69) is 37.9 Å². The zero-order valence-electron chi connectivity index (χ0n) is 15.7. The Morgan fingerprint density at radius 3 is 2.69 bits per heavy atom. The van der Waals surface area contributed by atoms with Gasteiger partial charge >= 0.3 is 0 Å². The Kier molecular flexibility index (Phi) is 5.57. The van der Waals surface area contributed by atoms with Crippen molar-refractivity contribution in [1.82, 2.24) is 4.57 Å². The number of unbranched alkanes of at least 4 members (excludes halogenated alkanes) is 1. The van der Waals surface area contributed by atoms with Crippen molar-refractivity contribution in [3.05, 3.63) is 57.9 Å². The van der Waals surface area contributed by atoms with Crippen molar-refractivity contribution in [2.24, 2.45) is 12.0 Å². The molecule has 0 bridgehead atoms. The largest absolute Gasteiger partial charge is 0.494 e. The van der Waals surface area contributed by atoms with Crippen molar-refractivity contribution in [1.29, 1.82) is 0 Å². The van der Waals surface area contributed by atoms with Gasteiger partial charge in [0.15, 0.2) is 4.80 Å². The van der Waals surface area contributed by atoms with Crippen molar-refractivity contribution in [2.75, 3.05) is 6.61 Å². The van der Waals surface area contributed by atoms with E-state index in [0.717, 1.165) is 18.4 Å². The summed E-state index contributed by atoms with van der Waals surface area (Å²) < 4.78 is 8.87. The zero-order chi connectivity index (χ0) is 18.7. The van der Waals surface area contributed by atoms with Crippen LogP contribution in [0.5, 0.6) is 5.75 Å². The number of aryl methyl sites for hydroxylation is 3. The molecule has 1 amide bonds. The third-order valence-electron chi connectivity index (χ3n) is 4.39. The zero-order valence-corrected chi connectivity index (χ0v) is 16.5. The van der Waals surface area contributed by atoms with Crippen molar-refractivity contribution in [2.45, 2.75) is 33.6 Å². The second-order valence-corrected chi connectivity index (χ2v) is 7.45. The molecule has 0 fully saturated rings. The van der Waals surface area contributed by atoms with E-state index in [1.807, 2.05) is 23.7 Å². The highest BCUT2D eigenvalue weighted by atomic mass is 32.1. The molecule has 0 saturated carbocycles. The van der Waals surface area contributed by atoms with Crippen LogP contribution in [-0.4, -0.2) is 17.1 Å². The van der Waals surface area contributed by atoms with Crippen LogP contribution in [0.25, 0.3) is 10.2 Å². The summed E-state index contributed by atoms with van der Waals surface area (Å²) in [5.74, 6) is 0.468. The van der Waals surface area contributed by atoms with Gasteiger partial charge in [0.25, 0.3) is 5.91 Å². The molecule has 26 heavy (non-hydrogen) atoms. The molecule has 0 atom stereocenters. The Morgan fingerprint density at radius 2 is 1.96 bits per heavy atom. The van der Waals surface area contributed by atoms with E-state index in [-0.39, 0.29) is 5.91 Å². The molecular formula is C21H24N2O2S. The Bertz CT molecular complexity index is 1010. The topological polar surface area (TPSA) is 43.6 Å². The third-order valence-corrected chi connectivity index (χ3v) is 5.66. The smallest absolute Gasteiger partial charge is 0.279 e. The Balaban J connectivity index is 1.96. The molecule has 0 unspecified atom stereocenters. The minimum atomic E-state index is -0.247. The lowest BCUT2D eigenvalue weighted by atomic mass is 10.1. The summed E-state index contributed by atoms with van der Waals surface area (Å²) >= 11 is 1.55. The quantitative estimate of drug-likeness (QED) is 0.609. The summed E-state index contributed by atoms with van der Waals surface area (Å²) in [5, 5.41) is 0.